The van der Waals surface area contributed by atoms with Gasteiger partial charge in [-0.1, -0.05) is 23.7 Å². The molecule has 6 nitrogen and oxygen atoms in total. The zero-order chi connectivity index (χ0) is 23.5. The van der Waals surface area contributed by atoms with Crippen molar-refractivity contribution in [3.8, 4) is 27.6 Å². The largest absolute Gasteiger partial charge is 0.497 e. The predicted octanol–water partition coefficient (Wildman–Crippen LogP) is 5.75. The van der Waals surface area contributed by atoms with Crippen molar-refractivity contribution in [1.82, 2.24) is 19.7 Å². The SMILES string of the molecule is COc1ccc(-c2nc(CCNC(=O)Cc3csc4nc(-c5ccc(Cl)cc5)cn34)cs2)cc1. The van der Waals surface area contributed by atoms with Crippen LogP contribution in [0.1, 0.15) is 11.4 Å². The Morgan fingerprint density at radius 2 is 1.79 bits per heavy atom. The zero-order valence-corrected chi connectivity index (χ0v) is 20.7. The van der Waals surface area contributed by atoms with Crippen LogP contribution in [0.25, 0.3) is 26.8 Å². The number of carbonyl (C=O) groups excluding carboxylic acids is 1. The van der Waals surface area contributed by atoms with Gasteiger partial charge in [-0.05, 0) is 36.4 Å². The summed E-state index contributed by atoms with van der Waals surface area (Å²) in [6.45, 7) is 0.540. The minimum Gasteiger partial charge on any atom is -0.497 e. The van der Waals surface area contributed by atoms with Crippen LogP contribution in [-0.2, 0) is 17.6 Å². The maximum absolute atomic E-state index is 12.6. The number of hydrogen-bond donors (Lipinski definition) is 1. The smallest absolute Gasteiger partial charge is 0.225 e. The molecule has 2 aromatic carbocycles. The van der Waals surface area contributed by atoms with Crippen LogP contribution in [-0.4, -0.2) is 33.9 Å². The monoisotopic (exact) mass is 508 g/mol. The second-order valence-electron chi connectivity index (χ2n) is 7.66. The number of nitrogens with zero attached hydrogens (tertiary/aromatic N) is 3. The summed E-state index contributed by atoms with van der Waals surface area (Å²) >= 11 is 9.11. The average Bonchev–Trinajstić information content (AvgIpc) is 3.57. The van der Waals surface area contributed by atoms with Crippen LogP contribution in [0.5, 0.6) is 5.75 Å². The molecule has 0 aliphatic rings. The van der Waals surface area contributed by atoms with E-state index < -0.39 is 0 Å². The standard InChI is InChI=1S/C25H21ClN4O2S2/c1-32-21-8-4-17(5-9-21)24-28-19(14-33-24)10-11-27-23(31)12-20-15-34-25-29-22(13-30(20)25)16-2-6-18(26)7-3-16/h2-9,13-15H,10-12H2,1H3,(H,27,31). The number of nitrogens with one attached hydrogen (secondary N) is 1. The molecule has 5 rings (SSSR count). The fourth-order valence-corrected chi connectivity index (χ4v) is 5.42. The number of carbonyl (C=O) groups is 1. The van der Waals surface area contributed by atoms with E-state index in [2.05, 4.69) is 10.3 Å². The summed E-state index contributed by atoms with van der Waals surface area (Å²) in [5.41, 5.74) is 4.80. The highest BCUT2D eigenvalue weighted by Crippen LogP contribution is 2.26. The minimum atomic E-state index is -0.0212. The summed E-state index contributed by atoms with van der Waals surface area (Å²) in [4.78, 5) is 22.8. The van der Waals surface area contributed by atoms with E-state index in [9.17, 15) is 4.79 Å². The summed E-state index contributed by atoms with van der Waals surface area (Å²) < 4.78 is 7.19. The van der Waals surface area contributed by atoms with Gasteiger partial charge in [0.15, 0.2) is 4.96 Å². The quantitative estimate of drug-likeness (QED) is 0.290. The molecule has 0 radical (unpaired) electrons. The Labute approximate surface area is 209 Å². The summed E-state index contributed by atoms with van der Waals surface area (Å²) in [6, 6.07) is 15.4. The molecule has 0 fully saturated rings. The van der Waals surface area contributed by atoms with Crippen LogP contribution in [0.4, 0.5) is 0 Å². The Bertz CT molecular complexity index is 1420. The molecule has 0 saturated carbocycles. The van der Waals surface area contributed by atoms with Crippen molar-refractivity contribution in [2.75, 3.05) is 13.7 Å². The number of imidazole rings is 1. The maximum atomic E-state index is 12.6. The van der Waals surface area contributed by atoms with E-state index in [1.54, 1.807) is 18.4 Å². The number of methoxy groups -OCH3 is 1. The van der Waals surface area contributed by atoms with Crippen LogP contribution in [0, 0.1) is 0 Å². The van der Waals surface area contributed by atoms with Gasteiger partial charge in [0.2, 0.25) is 5.91 Å². The van der Waals surface area contributed by atoms with Gasteiger partial charge in [-0.3, -0.25) is 9.20 Å². The minimum absolute atomic E-state index is 0.0212. The van der Waals surface area contributed by atoms with Gasteiger partial charge in [-0.15, -0.1) is 22.7 Å². The molecule has 0 aliphatic heterocycles. The summed E-state index contributed by atoms with van der Waals surface area (Å²) in [5.74, 6) is 0.801. The number of thiazole rings is 2. The van der Waals surface area contributed by atoms with Crippen LogP contribution in [0.3, 0.4) is 0 Å². The Balaban J connectivity index is 1.17. The van der Waals surface area contributed by atoms with Gasteiger partial charge in [0.25, 0.3) is 0 Å². The fraction of sp³-hybridized carbons (Fsp3) is 0.160. The molecule has 3 aromatic heterocycles. The van der Waals surface area contributed by atoms with E-state index in [-0.39, 0.29) is 5.91 Å². The van der Waals surface area contributed by atoms with Crippen molar-refractivity contribution < 1.29 is 9.53 Å². The Hall–Kier alpha value is -3.20. The van der Waals surface area contributed by atoms with Gasteiger partial charge in [-0.25, -0.2) is 9.97 Å². The number of hydrogen-bond acceptors (Lipinski definition) is 6. The lowest BCUT2D eigenvalue weighted by atomic mass is 10.2. The molecular weight excluding hydrogens is 488 g/mol. The number of aromatic nitrogens is 3. The molecule has 1 N–H and O–H groups in total. The van der Waals surface area contributed by atoms with Crippen LogP contribution < -0.4 is 10.1 Å². The van der Waals surface area contributed by atoms with Gasteiger partial charge in [0, 0.05) is 51.8 Å². The number of fused-ring (bicyclic) bond motifs is 1. The van der Waals surface area contributed by atoms with Crippen LogP contribution in [0.2, 0.25) is 5.02 Å². The number of amides is 1. The molecule has 0 bridgehead atoms. The Morgan fingerprint density at radius 1 is 1.03 bits per heavy atom. The summed E-state index contributed by atoms with van der Waals surface area (Å²) in [5, 5.41) is 8.68. The highest BCUT2D eigenvalue weighted by molar-refractivity contribution is 7.15. The highest BCUT2D eigenvalue weighted by Gasteiger charge is 2.13. The lowest BCUT2D eigenvalue weighted by molar-refractivity contribution is -0.120. The van der Waals surface area contributed by atoms with Crippen molar-refractivity contribution in [2.24, 2.45) is 0 Å². The van der Waals surface area contributed by atoms with Crippen LogP contribution >= 0.6 is 34.3 Å². The number of rotatable bonds is 8. The zero-order valence-electron chi connectivity index (χ0n) is 18.3. The normalized spacial score (nSPS) is 11.1. The van der Waals surface area contributed by atoms with Gasteiger partial charge in [0.1, 0.15) is 10.8 Å². The predicted molar refractivity (Wildman–Crippen MR) is 138 cm³/mol. The molecule has 9 heteroatoms. The van der Waals surface area contributed by atoms with Gasteiger partial charge < -0.3 is 10.1 Å². The second kappa shape index (κ2) is 9.97. The Morgan fingerprint density at radius 3 is 2.56 bits per heavy atom. The summed E-state index contributed by atoms with van der Waals surface area (Å²) in [6.07, 6.45) is 2.95. The van der Waals surface area contributed by atoms with E-state index in [0.29, 0.717) is 24.4 Å². The number of halogens is 1. The van der Waals surface area contributed by atoms with E-state index in [1.165, 1.54) is 11.3 Å². The first-order valence-corrected chi connectivity index (χ1v) is 12.8. The topological polar surface area (TPSA) is 68.5 Å². The molecular formula is C25H21ClN4O2S2. The highest BCUT2D eigenvalue weighted by atomic mass is 35.5. The average molecular weight is 509 g/mol. The molecule has 0 saturated heterocycles. The molecule has 3 heterocycles. The van der Waals surface area contributed by atoms with E-state index >= 15 is 0 Å². The van der Waals surface area contributed by atoms with Crippen molar-refractivity contribution >= 4 is 45.1 Å². The fourth-order valence-electron chi connectivity index (χ4n) is 3.56. The third kappa shape index (κ3) is 4.99. The van der Waals surface area contributed by atoms with E-state index in [0.717, 1.165) is 43.9 Å². The molecule has 0 atom stereocenters. The molecule has 34 heavy (non-hydrogen) atoms. The molecule has 172 valence electrons. The third-order valence-electron chi connectivity index (χ3n) is 5.36. The van der Waals surface area contributed by atoms with Crippen molar-refractivity contribution in [3.63, 3.8) is 0 Å². The first kappa shape index (κ1) is 22.6. The van der Waals surface area contributed by atoms with E-state index in [1.807, 2.05) is 69.9 Å². The first-order chi connectivity index (χ1) is 16.6. The molecule has 0 aliphatic carbocycles. The third-order valence-corrected chi connectivity index (χ3v) is 7.44. The van der Waals surface area contributed by atoms with Crippen molar-refractivity contribution in [1.29, 1.82) is 0 Å². The molecule has 0 unspecified atom stereocenters. The van der Waals surface area contributed by atoms with E-state index in [4.69, 9.17) is 21.3 Å². The second-order valence-corrected chi connectivity index (χ2v) is 9.79. The Kier molecular flexibility index (Phi) is 6.62. The van der Waals surface area contributed by atoms with Gasteiger partial charge in [0.05, 0.1) is 24.9 Å². The lowest BCUT2D eigenvalue weighted by Crippen LogP contribution is -2.27. The van der Waals surface area contributed by atoms with Gasteiger partial charge >= 0.3 is 0 Å². The molecule has 0 spiro atoms. The molecule has 1 amide bonds. The lowest BCUT2D eigenvalue weighted by Gasteiger charge is -2.04. The molecule has 5 aromatic rings. The number of benzene rings is 2. The summed E-state index contributed by atoms with van der Waals surface area (Å²) in [7, 11) is 1.65. The van der Waals surface area contributed by atoms with Crippen LogP contribution in [0.15, 0.2) is 65.5 Å². The van der Waals surface area contributed by atoms with Gasteiger partial charge in [-0.2, -0.15) is 0 Å². The number of ether oxygens (including phenoxy) is 1. The van der Waals surface area contributed by atoms with Crippen molar-refractivity contribution in [3.05, 3.63) is 81.9 Å². The first-order valence-electron chi connectivity index (χ1n) is 10.7. The van der Waals surface area contributed by atoms with Crippen molar-refractivity contribution in [2.45, 2.75) is 12.8 Å². The maximum Gasteiger partial charge on any atom is 0.225 e.